The summed E-state index contributed by atoms with van der Waals surface area (Å²) >= 11 is 0. The quantitative estimate of drug-likeness (QED) is 0.0986. The molecule has 2 aliphatic rings. The van der Waals surface area contributed by atoms with Gasteiger partial charge in [-0.3, -0.25) is 19.2 Å². The number of hydrogen-bond acceptors (Lipinski definition) is 12. The number of hydrogen-bond donors (Lipinski definition) is 2. The molecule has 0 aromatic heterocycles. The van der Waals surface area contributed by atoms with Gasteiger partial charge >= 0.3 is 0 Å². The Kier molecular flexibility index (Phi) is 49.1. The molecule has 2 heterocycles. The van der Waals surface area contributed by atoms with Gasteiger partial charge in [-0.15, -0.1) is 0 Å². The first-order chi connectivity index (χ1) is 29.8. The van der Waals surface area contributed by atoms with Crippen molar-refractivity contribution in [2.24, 2.45) is 10.8 Å². The summed E-state index contributed by atoms with van der Waals surface area (Å²) < 4.78 is 30.5. The minimum Gasteiger partial charge on any atom is -0.396 e. The number of carbonyl (C=O) groups is 4. The van der Waals surface area contributed by atoms with Gasteiger partial charge in [-0.25, -0.2) is 0 Å². The number of rotatable bonds is 27. The maximum Gasteiger partial charge on any atom is 0.224 e. The van der Waals surface area contributed by atoms with Crippen LogP contribution >= 0.6 is 0 Å². The molecule has 0 radical (unpaired) electrons. The number of ether oxygens (including phenoxy) is 6. The molecule has 2 N–H and O–H groups in total. The third kappa shape index (κ3) is 44.5. The number of carbonyl (C=O) groups excluding carboxylic acids is 4. The Morgan fingerprint density at radius 3 is 1.03 bits per heavy atom. The number of aliphatic hydroxyl groups excluding tert-OH is 2. The number of nitrogens with zero attached hydrogens (tertiary/aromatic N) is 4. The highest BCUT2D eigenvalue weighted by molar-refractivity contribution is 5.76. The van der Waals surface area contributed by atoms with Gasteiger partial charge in [0, 0.05) is 94.1 Å². The van der Waals surface area contributed by atoms with Gasteiger partial charge in [0.05, 0.1) is 91.8 Å². The van der Waals surface area contributed by atoms with Crippen molar-refractivity contribution in [2.45, 2.75) is 125 Å². The molecule has 0 spiro atoms. The van der Waals surface area contributed by atoms with E-state index in [9.17, 15) is 19.2 Å². The second-order valence-corrected chi connectivity index (χ2v) is 17.1. The lowest BCUT2D eigenvalue weighted by Crippen LogP contribution is -2.44. The van der Waals surface area contributed by atoms with Gasteiger partial charge in [-0.2, -0.15) is 0 Å². The zero-order valence-corrected chi connectivity index (χ0v) is 42.9. The van der Waals surface area contributed by atoms with Crippen molar-refractivity contribution in [3.8, 4) is 0 Å². The predicted molar refractivity (Wildman–Crippen MR) is 253 cm³/mol. The summed E-state index contributed by atoms with van der Waals surface area (Å²) in [6, 6.07) is 0. The second kappa shape index (κ2) is 46.1. The number of unbranched alkanes of at least 4 members (excludes halogenated alkanes) is 6. The van der Waals surface area contributed by atoms with E-state index in [2.05, 4.69) is 27.7 Å². The fraction of sp³-hybridized carbons (Fsp3) is 0.915. The molecule has 0 unspecified atom stereocenters. The lowest BCUT2D eigenvalue weighted by atomic mass is 9.84. The third-order valence-electron chi connectivity index (χ3n) is 9.76. The van der Waals surface area contributed by atoms with Crippen molar-refractivity contribution in [2.75, 3.05) is 149 Å². The maximum absolute atomic E-state index is 11.1. The Labute approximate surface area is 384 Å². The number of amides is 4. The van der Waals surface area contributed by atoms with Gasteiger partial charge < -0.3 is 58.2 Å². The average molecular weight is 911 g/mol. The van der Waals surface area contributed by atoms with Crippen LogP contribution in [0.2, 0.25) is 0 Å². The Morgan fingerprint density at radius 2 is 0.810 bits per heavy atom. The van der Waals surface area contributed by atoms with E-state index in [1.54, 1.807) is 83.1 Å². The lowest BCUT2D eigenvalue weighted by Gasteiger charge is -2.38. The highest BCUT2D eigenvalue weighted by Gasteiger charge is 2.35. The van der Waals surface area contributed by atoms with Crippen LogP contribution in [0.5, 0.6) is 0 Å². The highest BCUT2D eigenvalue weighted by Crippen LogP contribution is 2.29. The monoisotopic (exact) mass is 911 g/mol. The van der Waals surface area contributed by atoms with Crippen molar-refractivity contribution in [3.05, 3.63) is 0 Å². The topological polar surface area (TPSA) is 177 Å². The summed E-state index contributed by atoms with van der Waals surface area (Å²) in [5, 5.41) is 17.3. The first-order valence-corrected chi connectivity index (χ1v) is 23.2. The summed E-state index contributed by atoms with van der Waals surface area (Å²) in [5.74, 6) is 0.511. The number of aliphatic hydroxyl groups is 2. The van der Waals surface area contributed by atoms with Gasteiger partial charge in [0.15, 0.2) is 0 Å². The van der Waals surface area contributed by atoms with Crippen molar-refractivity contribution in [1.29, 1.82) is 0 Å². The summed E-state index contributed by atoms with van der Waals surface area (Å²) in [6.07, 6.45) is 13.6. The molecule has 0 aromatic carbocycles. The molecule has 2 aliphatic heterocycles. The van der Waals surface area contributed by atoms with E-state index >= 15 is 0 Å². The molecule has 0 aromatic rings. The predicted octanol–water partition coefficient (Wildman–Crippen LogP) is 5.55. The maximum atomic E-state index is 11.1. The van der Waals surface area contributed by atoms with Crippen molar-refractivity contribution < 1.29 is 57.8 Å². The molecular formula is C47H98N4O12. The Balaban J connectivity index is -0.000000336. The van der Waals surface area contributed by atoms with Crippen molar-refractivity contribution in [3.63, 3.8) is 0 Å². The van der Waals surface area contributed by atoms with Gasteiger partial charge in [-0.1, -0.05) is 73.1 Å². The molecular weight excluding hydrogens is 813 g/mol. The van der Waals surface area contributed by atoms with E-state index in [1.807, 2.05) is 6.92 Å². The SMILES string of the molecule is CC1(CO)COC1.CCC1(CO)COC1.CCCCCCOCCC(=O)N(C)C.CCCCCOCCC(=O)N(C)C.CCCCOCCC(=O)N(C)C.COCCC(=O)N(C)C. The number of methoxy groups -OCH3 is 1. The van der Waals surface area contributed by atoms with Gasteiger partial charge in [0.25, 0.3) is 0 Å². The average Bonchev–Trinajstić information content (AvgIpc) is 3.23. The van der Waals surface area contributed by atoms with Gasteiger partial charge in [0.1, 0.15) is 0 Å². The summed E-state index contributed by atoms with van der Waals surface area (Å²) in [4.78, 5) is 50.3. The van der Waals surface area contributed by atoms with Crippen LogP contribution < -0.4 is 0 Å². The van der Waals surface area contributed by atoms with Crippen LogP contribution in [0.1, 0.15) is 125 Å². The van der Waals surface area contributed by atoms with Crippen molar-refractivity contribution >= 4 is 23.6 Å². The van der Waals surface area contributed by atoms with E-state index in [1.165, 1.54) is 32.1 Å². The van der Waals surface area contributed by atoms with Crippen LogP contribution in [0, 0.1) is 10.8 Å². The second-order valence-electron chi connectivity index (χ2n) is 17.1. The van der Waals surface area contributed by atoms with Crippen LogP contribution in [-0.4, -0.2) is 203 Å². The van der Waals surface area contributed by atoms with Crippen molar-refractivity contribution in [1.82, 2.24) is 19.6 Å². The molecule has 0 saturated carbocycles. The first-order valence-electron chi connectivity index (χ1n) is 23.2. The molecule has 2 saturated heterocycles. The lowest BCUT2D eigenvalue weighted by molar-refractivity contribution is -0.138. The van der Waals surface area contributed by atoms with E-state index in [0.717, 1.165) is 78.4 Å². The van der Waals surface area contributed by atoms with Crippen LogP contribution in [0.25, 0.3) is 0 Å². The zero-order chi connectivity index (χ0) is 49.0. The van der Waals surface area contributed by atoms with E-state index < -0.39 is 0 Å². The van der Waals surface area contributed by atoms with E-state index in [0.29, 0.717) is 52.1 Å². The summed E-state index contributed by atoms with van der Waals surface area (Å²) in [6.45, 7) is 18.6. The largest absolute Gasteiger partial charge is 0.396 e. The Morgan fingerprint density at radius 1 is 0.476 bits per heavy atom. The standard InChI is InChI=1S/C11H23NO2.C10H21NO2.C9H19NO2.C6H13NO2.C6H12O2.C5H10O2/c1-4-5-6-7-9-14-10-8-11(13)12(2)3;1-4-5-6-8-13-9-7-10(12)11(2)3;1-4-5-7-12-8-6-9(11)10(2)3;1-7(2)6(8)4-5-9-3;1-2-6(3-7)4-8-5-6;1-5(2-6)3-7-4-5/h4-10H2,1-3H3;4-9H2,1-3H3;4-8H2,1-3H3;4-5H2,1-3H3;7H,2-5H2,1H3;6H,2-4H2,1H3. The molecule has 16 nitrogen and oxygen atoms in total. The van der Waals surface area contributed by atoms with Crippen LogP contribution in [-0.2, 0) is 47.6 Å². The fourth-order valence-electron chi connectivity index (χ4n) is 4.54. The van der Waals surface area contributed by atoms with Gasteiger partial charge in [0.2, 0.25) is 23.6 Å². The molecule has 2 rings (SSSR count). The molecule has 2 fully saturated rings. The molecule has 63 heavy (non-hydrogen) atoms. The highest BCUT2D eigenvalue weighted by atomic mass is 16.5. The van der Waals surface area contributed by atoms with Gasteiger partial charge in [-0.05, 0) is 25.7 Å². The van der Waals surface area contributed by atoms with Crippen LogP contribution in [0.3, 0.4) is 0 Å². The van der Waals surface area contributed by atoms with Crippen LogP contribution in [0.4, 0.5) is 0 Å². The van der Waals surface area contributed by atoms with E-state index in [4.69, 9.17) is 38.6 Å². The summed E-state index contributed by atoms with van der Waals surface area (Å²) in [5.41, 5.74) is 0.236. The summed E-state index contributed by atoms with van der Waals surface area (Å²) in [7, 11) is 15.6. The third-order valence-corrected chi connectivity index (χ3v) is 9.76. The first kappa shape index (κ1) is 67.2. The normalized spacial score (nSPS) is 13.7. The molecule has 0 aliphatic carbocycles. The minimum absolute atomic E-state index is 0.0972. The smallest absolute Gasteiger partial charge is 0.224 e. The Bertz CT molecular complexity index is 1040. The molecule has 4 amide bonds. The fourth-order valence-corrected chi connectivity index (χ4v) is 4.54. The molecule has 16 heteroatoms. The molecule has 0 bridgehead atoms. The Hall–Kier alpha value is -2.44. The molecule has 0 atom stereocenters. The van der Waals surface area contributed by atoms with Crippen LogP contribution in [0.15, 0.2) is 0 Å². The minimum atomic E-state index is 0.0972. The zero-order valence-electron chi connectivity index (χ0n) is 42.9. The van der Waals surface area contributed by atoms with E-state index in [-0.39, 0.29) is 47.7 Å². The molecule has 378 valence electrons.